The van der Waals surface area contributed by atoms with Crippen LogP contribution in [0, 0.1) is 5.92 Å². The van der Waals surface area contributed by atoms with Gasteiger partial charge in [0.2, 0.25) is 0 Å². The second-order valence-electron chi connectivity index (χ2n) is 10.5. The van der Waals surface area contributed by atoms with Gasteiger partial charge in [0.15, 0.2) is 5.78 Å². The van der Waals surface area contributed by atoms with Crippen LogP contribution in [0.2, 0.25) is 0 Å². The van der Waals surface area contributed by atoms with Crippen molar-refractivity contribution in [2.24, 2.45) is 10.9 Å². The summed E-state index contributed by atoms with van der Waals surface area (Å²) in [5, 5.41) is 0. The second-order valence-corrected chi connectivity index (χ2v) is 10.5. The monoisotopic (exact) mass is 537 g/mol. The summed E-state index contributed by atoms with van der Waals surface area (Å²) in [5.74, 6) is -0.286. The zero-order chi connectivity index (χ0) is 28.1. The number of hydrogen-bond acceptors (Lipinski definition) is 6. The number of hydrogen-bond donors (Lipinski definition) is 0. The molecule has 0 fully saturated rings. The summed E-state index contributed by atoms with van der Waals surface area (Å²) < 4.78 is 17.6. The second kappa shape index (κ2) is 12.3. The number of carbonyl (C=O) groups excluding carboxylic acids is 2. The number of ether oxygens (including phenoxy) is 3. The van der Waals surface area contributed by atoms with E-state index in [9.17, 15) is 9.59 Å². The Labute approximate surface area is 235 Å². The number of Topliss-reactive ketones (excluding diaryl/α,β-unsaturated/α-hetero) is 1. The lowest BCUT2D eigenvalue weighted by Gasteiger charge is -2.37. The Bertz CT molecular complexity index is 1410. The van der Waals surface area contributed by atoms with E-state index in [0.29, 0.717) is 35.6 Å². The van der Waals surface area contributed by atoms with Crippen molar-refractivity contribution < 1.29 is 23.8 Å². The van der Waals surface area contributed by atoms with Crippen LogP contribution in [0.5, 0.6) is 11.5 Å². The van der Waals surface area contributed by atoms with Gasteiger partial charge >= 0.3 is 5.97 Å². The smallest absolute Gasteiger partial charge is 0.315 e. The first-order valence-electron chi connectivity index (χ1n) is 13.9. The van der Waals surface area contributed by atoms with Gasteiger partial charge in [0.05, 0.1) is 6.10 Å². The Hall–Kier alpha value is -4.19. The van der Waals surface area contributed by atoms with Gasteiger partial charge in [-0.3, -0.25) is 14.6 Å². The first-order chi connectivity index (χ1) is 19.4. The quantitative estimate of drug-likeness (QED) is 0.225. The molecule has 0 N–H and O–H groups in total. The van der Waals surface area contributed by atoms with Gasteiger partial charge in [-0.15, -0.1) is 0 Å². The van der Waals surface area contributed by atoms with Gasteiger partial charge in [-0.1, -0.05) is 66.7 Å². The van der Waals surface area contributed by atoms with Gasteiger partial charge in [0.25, 0.3) is 0 Å². The third-order valence-electron chi connectivity index (χ3n) is 7.37. The summed E-state index contributed by atoms with van der Waals surface area (Å²) in [6.07, 6.45) is 0.935. The molecule has 6 nitrogen and oxygen atoms in total. The first-order valence-corrected chi connectivity index (χ1v) is 13.9. The molecule has 1 aliphatic carbocycles. The molecule has 6 heteroatoms. The highest BCUT2D eigenvalue weighted by Crippen LogP contribution is 2.48. The van der Waals surface area contributed by atoms with Crippen LogP contribution >= 0.6 is 0 Å². The van der Waals surface area contributed by atoms with E-state index in [-0.39, 0.29) is 31.0 Å². The van der Waals surface area contributed by atoms with Gasteiger partial charge in [-0.2, -0.15) is 0 Å². The van der Waals surface area contributed by atoms with Crippen molar-refractivity contribution in [2.75, 3.05) is 13.2 Å². The lowest BCUT2D eigenvalue weighted by Crippen LogP contribution is -2.38. The Morgan fingerprint density at radius 2 is 1.57 bits per heavy atom. The van der Waals surface area contributed by atoms with Crippen molar-refractivity contribution in [3.05, 3.63) is 107 Å². The molecule has 1 unspecified atom stereocenters. The normalized spacial score (nSPS) is 20.6. The van der Waals surface area contributed by atoms with Crippen LogP contribution in [0.15, 0.2) is 101 Å². The number of para-hydroxylation sites is 2. The number of esters is 1. The van der Waals surface area contributed by atoms with Crippen molar-refractivity contribution >= 4 is 17.5 Å². The highest BCUT2D eigenvalue weighted by Gasteiger charge is 2.45. The molecule has 0 bridgehead atoms. The number of ketones is 1. The Morgan fingerprint density at radius 1 is 0.900 bits per heavy atom. The van der Waals surface area contributed by atoms with Crippen LogP contribution in [0.25, 0.3) is 0 Å². The van der Waals surface area contributed by atoms with Crippen molar-refractivity contribution in [1.29, 1.82) is 0 Å². The SMILES string of the molecule is CC1=NC2=C(C(=O)C[C@@H](c3ccccc3)C2)[C@@H](c2ccccc2OC(C)C)C1C(=O)OCCOc1ccccc1. The van der Waals surface area contributed by atoms with Crippen molar-refractivity contribution in [2.45, 2.75) is 51.6 Å². The molecule has 3 aromatic carbocycles. The summed E-state index contributed by atoms with van der Waals surface area (Å²) in [5.41, 5.74) is 3.91. The fourth-order valence-electron chi connectivity index (χ4n) is 5.67. The van der Waals surface area contributed by atoms with Crippen molar-refractivity contribution in [3.8, 4) is 11.5 Å². The molecule has 1 heterocycles. The molecule has 0 saturated heterocycles. The minimum Gasteiger partial charge on any atom is -0.491 e. The predicted molar refractivity (Wildman–Crippen MR) is 155 cm³/mol. The highest BCUT2D eigenvalue weighted by atomic mass is 16.6. The Kier molecular flexibility index (Phi) is 8.44. The molecule has 5 rings (SSSR count). The minimum atomic E-state index is -0.746. The Morgan fingerprint density at radius 3 is 2.30 bits per heavy atom. The van der Waals surface area contributed by atoms with Gasteiger partial charge in [-0.25, -0.2) is 0 Å². The molecule has 0 amide bonds. The van der Waals surface area contributed by atoms with Gasteiger partial charge < -0.3 is 14.2 Å². The molecule has 3 aromatic rings. The molecule has 1 aliphatic heterocycles. The lowest BCUT2D eigenvalue weighted by atomic mass is 9.69. The van der Waals surface area contributed by atoms with E-state index in [4.69, 9.17) is 19.2 Å². The van der Waals surface area contributed by atoms with E-state index in [0.717, 1.165) is 16.8 Å². The van der Waals surface area contributed by atoms with Crippen LogP contribution in [0.3, 0.4) is 0 Å². The zero-order valence-corrected chi connectivity index (χ0v) is 23.2. The summed E-state index contributed by atoms with van der Waals surface area (Å²) >= 11 is 0. The van der Waals surface area contributed by atoms with E-state index in [2.05, 4.69) is 12.1 Å². The number of carbonyl (C=O) groups is 2. The highest BCUT2D eigenvalue weighted by molar-refractivity contribution is 6.09. The Balaban J connectivity index is 1.46. The maximum atomic E-state index is 13.9. The van der Waals surface area contributed by atoms with Crippen LogP contribution in [-0.4, -0.2) is 36.8 Å². The molecular weight excluding hydrogens is 502 g/mol. The maximum Gasteiger partial charge on any atom is 0.315 e. The molecule has 3 atom stereocenters. The lowest BCUT2D eigenvalue weighted by molar-refractivity contribution is -0.147. The summed E-state index contributed by atoms with van der Waals surface area (Å²) in [6, 6.07) is 27.1. The molecule has 0 aromatic heterocycles. The molecule has 2 aliphatic rings. The fraction of sp³-hybridized carbons (Fsp3) is 0.324. The van der Waals surface area contributed by atoms with E-state index in [1.54, 1.807) is 0 Å². The number of benzene rings is 3. The van der Waals surface area contributed by atoms with E-state index in [1.165, 1.54) is 0 Å². The molecule has 206 valence electrons. The maximum absolute atomic E-state index is 13.9. The summed E-state index contributed by atoms with van der Waals surface area (Å²) in [4.78, 5) is 32.4. The van der Waals surface area contributed by atoms with Crippen LogP contribution in [0.4, 0.5) is 0 Å². The fourth-order valence-corrected chi connectivity index (χ4v) is 5.67. The predicted octanol–water partition coefficient (Wildman–Crippen LogP) is 6.67. The van der Waals surface area contributed by atoms with Crippen molar-refractivity contribution in [1.82, 2.24) is 0 Å². The number of rotatable bonds is 9. The number of aliphatic imine (C=N–C) groups is 1. The van der Waals surface area contributed by atoms with Crippen molar-refractivity contribution in [3.63, 3.8) is 0 Å². The first kappa shape index (κ1) is 27.4. The molecule has 40 heavy (non-hydrogen) atoms. The van der Waals surface area contributed by atoms with E-state index >= 15 is 0 Å². The van der Waals surface area contributed by atoms with Gasteiger partial charge in [0, 0.05) is 34.9 Å². The zero-order valence-electron chi connectivity index (χ0n) is 23.2. The summed E-state index contributed by atoms with van der Waals surface area (Å²) in [7, 11) is 0. The minimum absolute atomic E-state index is 0.0147. The molecular formula is C34H35NO5. The van der Waals surface area contributed by atoms with Crippen LogP contribution in [-0.2, 0) is 14.3 Å². The topological polar surface area (TPSA) is 74.2 Å². The third-order valence-corrected chi connectivity index (χ3v) is 7.37. The molecule has 0 saturated carbocycles. The van der Waals surface area contributed by atoms with Crippen LogP contribution in [0.1, 0.15) is 56.6 Å². The number of allylic oxidation sites excluding steroid dienone is 2. The largest absolute Gasteiger partial charge is 0.491 e. The van der Waals surface area contributed by atoms with E-state index in [1.807, 2.05) is 93.6 Å². The molecule has 0 radical (unpaired) electrons. The standard InChI is InChI=1S/C34H35NO5/c1-22(2)40-30-17-11-10-16-27(30)32-31(34(37)39-19-18-38-26-14-8-5-9-15-26)23(3)35-28-20-25(21-29(36)33(28)32)24-12-6-4-7-13-24/h4-17,22,25,31-32H,18-21H2,1-3H3/t25-,31?,32-/m0/s1. The third kappa shape index (κ3) is 6.01. The van der Waals surface area contributed by atoms with E-state index < -0.39 is 17.8 Å². The summed E-state index contributed by atoms with van der Waals surface area (Å²) in [6.45, 7) is 6.09. The van der Waals surface area contributed by atoms with Crippen LogP contribution < -0.4 is 9.47 Å². The van der Waals surface area contributed by atoms with Gasteiger partial charge in [-0.05, 0) is 56.9 Å². The molecule has 0 spiro atoms. The number of nitrogens with zero attached hydrogens (tertiary/aromatic N) is 1. The average Bonchev–Trinajstić information content (AvgIpc) is 2.95. The van der Waals surface area contributed by atoms with Gasteiger partial charge in [0.1, 0.15) is 30.6 Å². The average molecular weight is 538 g/mol.